The molecule has 0 aromatic heterocycles. The van der Waals surface area contributed by atoms with Crippen LogP contribution < -0.4 is 5.32 Å². The van der Waals surface area contributed by atoms with Gasteiger partial charge >= 0.3 is 0 Å². The molecule has 1 N–H and O–H groups in total. The van der Waals surface area contributed by atoms with E-state index in [9.17, 15) is 13.2 Å². The molecular weight excluding hydrogens is 274 g/mol. The molecule has 1 aliphatic rings. The first-order chi connectivity index (χ1) is 9.20. The summed E-state index contributed by atoms with van der Waals surface area (Å²) in [6.07, 6.45) is 4.40. The lowest BCUT2D eigenvalue weighted by atomic mass is 9.87. The molecule has 20 heavy (non-hydrogen) atoms. The maximum absolute atomic E-state index is 12.2. The first-order valence-electron chi connectivity index (χ1n) is 6.81. The van der Waals surface area contributed by atoms with Crippen LogP contribution in [0.2, 0.25) is 0 Å². The topological polar surface area (TPSA) is 63.2 Å². The minimum Gasteiger partial charge on any atom is -0.349 e. The Morgan fingerprint density at radius 2 is 1.85 bits per heavy atom. The smallest absolute Gasteiger partial charge is 0.251 e. The number of benzene rings is 1. The van der Waals surface area contributed by atoms with Crippen LogP contribution in [0.25, 0.3) is 0 Å². The fourth-order valence-corrected chi connectivity index (χ4v) is 3.32. The van der Waals surface area contributed by atoms with Gasteiger partial charge in [-0.25, -0.2) is 8.42 Å². The third-order valence-electron chi connectivity index (χ3n) is 4.11. The molecule has 2 rings (SSSR count). The quantitative estimate of drug-likeness (QED) is 0.931. The molecule has 5 heteroatoms. The summed E-state index contributed by atoms with van der Waals surface area (Å²) >= 11 is 0. The van der Waals surface area contributed by atoms with Crippen molar-refractivity contribution in [2.45, 2.75) is 44.0 Å². The summed E-state index contributed by atoms with van der Waals surface area (Å²) in [5.41, 5.74) is 0.627. The van der Waals surface area contributed by atoms with Crippen molar-refractivity contribution in [1.29, 1.82) is 0 Å². The summed E-state index contributed by atoms with van der Waals surface area (Å²) < 4.78 is 22.8. The van der Waals surface area contributed by atoms with E-state index in [0.29, 0.717) is 5.56 Å². The second-order valence-electron chi connectivity index (χ2n) is 6.20. The standard InChI is InChI=1S/C15H21NO3S/c1-15(2)10-4-5-13(15)16-14(17)11-6-8-12(9-7-11)20(3,18)19/h6-9,13H,4-5,10H2,1-3H3,(H,16,17). The molecule has 1 aromatic carbocycles. The Labute approximate surface area is 120 Å². The van der Waals surface area contributed by atoms with Crippen molar-refractivity contribution in [1.82, 2.24) is 5.32 Å². The minimum atomic E-state index is -3.22. The molecule has 1 amide bonds. The molecule has 1 saturated carbocycles. The van der Waals surface area contributed by atoms with Gasteiger partial charge < -0.3 is 5.32 Å². The second-order valence-corrected chi connectivity index (χ2v) is 8.22. The Balaban J connectivity index is 2.10. The number of rotatable bonds is 3. The predicted molar refractivity (Wildman–Crippen MR) is 78.4 cm³/mol. The van der Waals surface area contributed by atoms with E-state index in [-0.39, 0.29) is 22.3 Å². The Hall–Kier alpha value is -1.36. The van der Waals surface area contributed by atoms with Crippen molar-refractivity contribution in [3.63, 3.8) is 0 Å². The molecule has 4 nitrogen and oxygen atoms in total. The molecule has 1 aliphatic carbocycles. The first-order valence-corrected chi connectivity index (χ1v) is 8.70. The zero-order chi connectivity index (χ0) is 15.0. The van der Waals surface area contributed by atoms with Crippen molar-refractivity contribution < 1.29 is 13.2 Å². The molecule has 0 heterocycles. The highest BCUT2D eigenvalue weighted by Crippen LogP contribution is 2.37. The molecule has 1 atom stereocenters. The van der Waals surface area contributed by atoms with Gasteiger partial charge in [0.05, 0.1) is 4.90 Å². The first kappa shape index (κ1) is 15.0. The largest absolute Gasteiger partial charge is 0.349 e. The van der Waals surface area contributed by atoms with Crippen LogP contribution >= 0.6 is 0 Å². The van der Waals surface area contributed by atoms with E-state index in [1.54, 1.807) is 12.1 Å². The number of amides is 1. The Bertz CT molecular complexity index is 603. The lowest BCUT2D eigenvalue weighted by Gasteiger charge is -2.27. The Morgan fingerprint density at radius 1 is 1.25 bits per heavy atom. The molecule has 0 saturated heterocycles. The summed E-state index contributed by atoms with van der Waals surface area (Å²) in [6.45, 7) is 4.33. The van der Waals surface area contributed by atoms with Gasteiger partial charge in [-0.3, -0.25) is 4.79 Å². The number of carbonyl (C=O) groups excluding carboxylic acids is 1. The van der Waals surface area contributed by atoms with Crippen LogP contribution in [0.1, 0.15) is 43.5 Å². The zero-order valence-electron chi connectivity index (χ0n) is 12.1. The average Bonchev–Trinajstić information content (AvgIpc) is 2.68. The summed E-state index contributed by atoms with van der Waals surface area (Å²) in [5.74, 6) is -0.134. The van der Waals surface area contributed by atoms with Crippen LogP contribution in [-0.2, 0) is 9.84 Å². The molecule has 0 radical (unpaired) electrons. The highest BCUT2D eigenvalue weighted by atomic mass is 32.2. The van der Waals surface area contributed by atoms with Crippen LogP contribution in [0, 0.1) is 5.41 Å². The van der Waals surface area contributed by atoms with Crippen LogP contribution in [0.3, 0.4) is 0 Å². The molecule has 0 spiro atoms. The summed E-state index contributed by atoms with van der Waals surface area (Å²) in [6, 6.07) is 6.26. The van der Waals surface area contributed by atoms with Gasteiger partial charge in [-0.1, -0.05) is 20.3 Å². The van der Waals surface area contributed by atoms with Crippen LogP contribution in [0.5, 0.6) is 0 Å². The lowest BCUT2D eigenvalue weighted by molar-refractivity contribution is 0.0910. The number of nitrogens with one attached hydrogen (secondary N) is 1. The van der Waals surface area contributed by atoms with Crippen LogP contribution in [0.4, 0.5) is 0 Å². The van der Waals surface area contributed by atoms with Gasteiger partial charge in [0.15, 0.2) is 9.84 Å². The Kier molecular flexibility index (Phi) is 3.91. The van der Waals surface area contributed by atoms with Gasteiger partial charge in [-0.2, -0.15) is 0 Å². The van der Waals surface area contributed by atoms with Gasteiger partial charge in [-0.15, -0.1) is 0 Å². The summed E-state index contributed by atoms with van der Waals surface area (Å²) in [4.78, 5) is 12.4. The van der Waals surface area contributed by atoms with Crippen molar-refractivity contribution in [3.8, 4) is 0 Å². The number of hydrogen-bond donors (Lipinski definition) is 1. The lowest BCUT2D eigenvalue weighted by Crippen LogP contribution is -2.41. The highest BCUT2D eigenvalue weighted by molar-refractivity contribution is 7.90. The van der Waals surface area contributed by atoms with Gasteiger partial charge in [0, 0.05) is 17.9 Å². The van der Waals surface area contributed by atoms with Crippen LogP contribution in [0.15, 0.2) is 29.2 Å². The SMILES string of the molecule is CC1(C)CCCC1NC(=O)c1ccc(S(C)(=O)=O)cc1. The van der Waals surface area contributed by atoms with Crippen LogP contribution in [-0.4, -0.2) is 26.6 Å². The second kappa shape index (κ2) is 5.20. The molecule has 1 unspecified atom stereocenters. The summed E-state index contributed by atoms with van der Waals surface area (Å²) in [5, 5.41) is 3.06. The molecule has 1 fully saturated rings. The average molecular weight is 295 g/mol. The zero-order valence-corrected chi connectivity index (χ0v) is 13.0. The van der Waals surface area contributed by atoms with Crippen molar-refractivity contribution >= 4 is 15.7 Å². The van der Waals surface area contributed by atoms with Crippen molar-refractivity contribution in [2.24, 2.45) is 5.41 Å². The monoisotopic (exact) mass is 295 g/mol. The van der Waals surface area contributed by atoms with E-state index in [1.807, 2.05) is 0 Å². The van der Waals surface area contributed by atoms with Gasteiger partial charge in [-0.05, 0) is 42.5 Å². The third-order valence-corrected chi connectivity index (χ3v) is 5.24. The minimum absolute atomic E-state index is 0.127. The normalized spacial score (nSPS) is 21.6. The van der Waals surface area contributed by atoms with E-state index >= 15 is 0 Å². The van der Waals surface area contributed by atoms with Gasteiger partial charge in [0.25, 0.3) is 5.91 Å². The fraction of sp³-hybridized carbons (Fsp3) is 0.533. The highest BCUT2D eigenvalue weighted by Gasteiger charge is 2.35. The van der Waals surface area contributed by atoms with E-state index in [4.69, 9.17) is 0 Å². The number of carbonyl (C=O) groups is 1. The van der Waals surface area contributed by atoms with Crippen molar-refractivity contribution in [2.75, 3.05) is 6.26 Å². The summed E-state index contributed by atoms with van der Waals surface area (Å²) in [7, 11) is -3.22. The predicted octanol–water partition coefficient (Wildman–Crippen LogP) is 2.40. The van der Waals surface area contributed by atoms with E-state index in [0.717, 1.165) is 25.5 Å². The molecule has 0 bridgehead atoms. The molecule has 0 aliphatic heterocycles. The van der Waals surface area contributed by atoms with Crippen molar-refractivity contribution in [3.05, 3.63) is 29.8 Å². The fourth-order valence-electron chi connectivity index (χ4n) is 2.69. The van der Waals surface area contributed by atoms with Gasteiger partial charge in [0.1, 0.15) is 0 Å². The van der Waals surface area contributed by atoms with E-state index < -0.39 is 9.84 Å². The number of hydrogen-bond acceptors (Lipinski definition) is 3. The van der Waals surface area contributed by atoms with E-state index in [2.05, 4.69) is 19.2 Å². The molecule has 110 valence electrons. The Morgan fingerprint density at radius 3 is 2.30 bits per heavy atom. The number of sulfone groups is 1. The maximum Gasteiger partial charge on any atom is 0.251 e. The van der Waals surface area contributed by atoms with Gasteiger partial charge in [0.2, 0.25) is 0 Å². The third kappa shape index (κ3) is 3.20. The molecule has 1 aromatic rings. The maximum atomic E-state index is 12.2. The van der Waals surface area contributed by atoms with E-state index in [1.165, 1.54) is 12.1 Å². The molecular formula is C15H21NO3S.